The lowest BCUT2D eigenvalue weighted by Gasteiger charge is -2.28. The number of hydrogen-bond acceptors (Lipinski definition) is 12. The molecule has 0 fully saturated rings. The SMILES string of the molecule is CNC(Cc1ccc(F)cc1)CC(C)(C)C(=O)NSc1ccc(NC(=O)CNC(=O)C(NC(=O)CCOCCOCCOCCOCCNC(=O)CCC=O)C(C)C)cc1. The summed E-state index contributed by atoms with van der Waals surface area (Å²) in [6.45, 7) is 9.91. The topological polar surface area (TPSA) is 212 Å². The largest absolute Gasteiger partial charge is 0.379 e. The van der Waals surface area contributed by atoms with Crippen LogP contribution in [0, 0.1) is 17.2 Å². The second kappa shape index (κ2) is 29.7. The predicted molar refractivity (Wildman–Crippen MR) is 226 cm³/mol. The number of nitrogens with one attached hydrogen (secondary N) is 6. The third-order valence-corrected chi connectivity index (χ3v) is 9.71. The molecule has 2 aromatic carbocycles. The molecule has 0 saturated heterocycles. The van der Waals surface area contributed by atoms with Crippen molar-refractivity contribution in [3.63, 3.8) is 0 Å². The fourth-order valence-electron chi connectivity index (χ4n) is 5.47. The molecule has 60 heavy (non-hydrogen) atoms. The van der Waals surface area contributed by atoms with E-state index >= 15 is 0 Å². The van der Waals surface area contributed by atoms with E-state index in [1.807, 2.05) is 20.9 Å². The smallest absolute Gasteiger partial charge is 0.243 e. The summed E-state index contributed by atoms with van der Waals surface area (Å²) in [7, 11) is 1.84. The van der Waals surface area contributed by atoms with Crippen molar-refractivity contribution in [2.24, 2.45) is 11.3 Å². The van der Waals surface area contributed by atoms with E-state index in [4.69, 9.17) is 18.9 Å². The zero-order valence-electron chi connectivity index (χ0n) is 35.4. The molecule has 334 valence electrons. The van der Waals surface area contributed by atoms with Crippen LogP contribution in [0.1, 0.15) is 58.9 Å². The van der Waals surface area contributed by atoms with Gasteiger partial charge in [-0.25, -0.2) is 4.39 Å². The molecule has 0 aliphatic carbocycles. The van der Waals surface area contributed by atoms with E-state index in [2.05, 4.69) is 31.3 Å². The maximum Gasteiger partial charge on any atom is 0.243 e. The first-order valence-electron chi connectivity index (χ1n) is 20.1. The molecular weight excluding hydrogens is 800 g/mol. The van der Waals surface area contributed by atoms with Gasteiger partial charge in [0.25, 0.3) is 0 Å². The molecule has 16 nitrogen and oxygen atoms in total. The van der Waals surface area contributed by atoms with Crippen molar-refractivity contribution in [1.29, 1.82) is 0 Å². The second-order valence-corrected chi connectivity index (χ2v) is 15.7. The number of likely N-dealkylation sites (N-methyl/N-ethyl adjacent to an activating group) is 1. The Labute approximate surface area is 357 Å². The quantitative estimate of drug-likeness (QED) is 0.0357. The van der Waals surface area contributed by atoms with Gasteiger partial charge in [-0.1, -0.05) is 39.8 Å². The number of ether oxygens (including phenoxy) is 4. The Morgan fingerprint density at radius 3 is 1.95 bits per heavy atom. The summed E-state index contributed by atoms with van der Waals surface area (Å²) in [6, 6.07) is 12.4. The molecule has 0 saturated carbocycles. The van der Waals surface area contributed by atoms with E-state index in [0.717, 1.165) is 22.4 Å². The molecule has 0 aliphatic heterocycles. The van der Waals surface area contributed by atoms with Crippen molar-refractivity contribution in [1.82, 2.24) is 26.0 Å². The fraction of sp³-hybridized carbons (Fsp3) is 0.571. The highest BCUT2D eigenvalue weighted by molar-refractivity contribution is 7.98. The van der Waals surface area contributed by atoms with Gasteiger partial charge in [-0.2, -0.15) is 0 Å². The number of benzene rings is 2. The Kier molecular flexibility index (Phi) is 25.6. The van der Waals surface area contributed by atoms with Crippen LogP contribution in [0.4, 0.5) is 10.1 Å². The van der Waals surface area contributed by atoms with Crippen molar-refractivity contribution in [2.45, 2.75) is 76.8 Å². The molecule has 0 spiro atoms. The lowest BCUT2D eigenvalue weighted by Crippen LogP contribution is -2.51. The molecule has 0 aliphatic rings. The Bertz CT molecular complexity index is 1600. The van der Waals surface area contributed by atoms with Crippen LogP contribution in [0.25, 0.3) is 0 Å². The summed E-state index contributed by atoms with van der Waals surface area (Å²) in [6.07, 6.45) is 2.32. The summed E-state index contributed by atoms with van der Waals surface area (Å²) in [5.41, 5.74) is 0.787. The molecule has 2 atom stereocenters. The minimum absolute atomic E-state index is 0.00725. The van der Waals surface area contributed by atoms with Crippen molar-refractivity contribution in [2.75, 3.05) is 78.3 Å². The monoisotopic (exact) mass is 862 g/mol. The number of hydrogen-bond donors (Lipinski definition) is 6. The molecule has 18 heteroatoms. The average molecular weight is 863 g/mol. The van der Waals surface area contributed by atoms with E-state index in [1.54, 1.807) is 50.2 Å². The predicted octanol–water partition coefficient (Wildman–Crippen LogP) is 2.94. The van der Waals surface area contributed by atoms with Gasteiger partial charge in [-0.15, -0.1) is 0 Å². The Hall–Kier alpha value is -4.46. The first-order chi connectivity index (χ1) is 28.7. The number of amides is 5. The fourth-order valence-corrected chi connectivity index (χ4v) is 6.23. The molecule has 2 rings (SSSR count). The average Bonchev–Trinajstić information content (AvgIpc) is 3.22. The molecule has 0 radical (unpaired) electrons. The van der Waals surface area contributed by atoms with Crippen LogP contribution in [0.3, 0.4) is 0 Å². The zero-order chi connectivity index (χ0) is 44.2. The Morgan fingerprint density at radius 1 is 0.767 bits per heavy atom. The van der Waals surface area contributed by atoms with E-state index in [1.165, 1.54) is 12.1 Å². The van der Waals surface area contributed by atoms with Gasteiger partial charge in [0.1, 0.15) is 18.1 Å². The van der Waals surface area contributed by atoms with E-state index < -0.39 is 23.3 Å². The highest BCUT2D eigenvalue weighted by Crippen LogP contribution is 2.27. The summed E-state index contributed by atoms with van der Waals surface area (Å²) < 4.78 is 37.9. The highest BCUT2D eigenvalue weighted by atomic mass is 32.2. The zero-order valence-corrected chi connectivity index (χ0v) is 36.2. The molecule has 2 aromatic rings. The van der Waals surface area contributed by atoms with Crippen LogP contribution in [-0.4, -0.2) is 121 Å². The molecule has 0 heterocycles. The van der Waals surface area contributed by atoms with Crippen molar-refractivity contribution in [3.8, 4) is 0 Å². The molecule has 2 unspecified atom stereocenters. The van der Waals surface area contributed by atoms with Gasteiger partial charge in [0.15, 0.2) is 0 Å². The molecule has 0 aromatic heterocycles. The van der Waals surface area contributed by atoms with Crippen LogP contribution in [0.15, 0.2) is 53.4 Å². The van der Waals surface area contributed by atoms with Gasteiger partial charge in [0, 0.05) is 47.8 Å². The summed E-state index contributed by atoms with van der Waals surface area (Å²) >= 11 is 1.16. The van der Waals surface area contributed by atoms with Gasteiger partial charge in [0.05, 0.1) is 59.4 Å². The minimum atomic E-state index is -0.852. The first-order valence-corrected chi connectivity index (χ1v) is 20.9. The Balaban J connectivity index is 1.58. The third-order valence-electron chi connectivity index (χ3n) is 8.91. The Morgan fingerprint density at radius 2 is 1.37 bits per heavy atom. The lowest BCUT2D eigenvalue weighted by molar-refractivity contribution is -0.131. The van der Waals surface area contributed by atoms with Crippen LogP contribution < -0.4 is 31.3 Å². The summed E-state index contributed by atoms with van der Waals surface area (Å²) in [5.74, 6) is -2.17. The van der Waals surface area contributed by atoms with E-state index in [9.17, 15) is 33.2 Å². The number of carbonyl (C=O) groups is 6. The first kappa shape index (κ1) is 51.7. The van der Waals surface area contributed by atoms with Crippen LogP contribution in [0.2, 0.25) is 0 Å². The molecule has 5 amide bonds. The van der Waals surface area contributed by atoms with Gasteiger partial charge in [-0.3, -0.25) is 28.7 Å². The van der Waals surface area contributed by atoms with E-state index in [-0.39, 0.29) is 74.5 Å². The number of carbonyl (C=O) groups excluding carboxylic acids is 6. The van der Waals surface area contributed by atoms with Crippen molar-refractivity contribution >= 4 is 53.5 Å². The van der Waals surface area contributed by atoms with Gasteiger partial charge < -0.3 is 50.3 Å². The number of halogens is 1. The van der Waals surface area contributed by atoms with Gasteiger partial charge in [-0.05, 0) is 79.7 Å². The number of aldehydes is 1. The highest BCUT2D eigenvalue weighted by Gasteiger charge is 2.31. The number of anilines is 1. The van der Waals surface area contributed by atoms with E-state index in [0.29, 0.717) is 71.0 Å². The third kappa shape index (κ3) is 22.8. The number of rotatable bonds is 32. The second-order valence-electron chi connectivity index (χ2n) is 14.8. The van der Waals surface area contributed by atoms with Gasteiger partial charge in [0.2, 0.25) is 29.5 Å². The van der Waals surface area contributed by atoms with Crippen molar-refractivity contribution in [3.05, 3.63) is 59.9 Å². The van der Waals surface area contributed by atoms with Crippen LogP contribution >= 0.6 is 11.9 Å². The normalized spacial score (nSPS) is 12.3. The summed E-state index contributed by atoms with van der Waals surface area (Å²) in [5, 5.41) is 13.9. The van der Waals surface area contributed by atoms with Gasteiger partial charge >= 0.3 is 0 Å². The minimum Gasteiger partial charge on any atom is -0.379 e. The maximum atomic E-state index is 13.3. The van der Waals surface area contributed by atoms with Crippen molar-refractivity contribution < 1.29 is 52.1 Å². The molecular formula is C42H63FN6O10S. The maximum absolute atomic E-state index is 13.3. The molecule has 0 bridgehead atoms. The lowest BCUT2D eigenvalue weighted by atomic mass is 9.83. The van der Waals surface area contributed by atoms with Crippen LogP contribution in [0.5, 0.6) is 0 Å². The summed E-state index contributed by atoms with van der Waals surface area (Å²) in [4.78, 5) is 73.5. The standard InChI is InChI=1S/C42H63FN6O10S/c1-30(2)39(48-37(52)16-19-56-21-23-58-25-26-59-24-22-57-20-17-45-36(51)7-6-18-50)40(54)46-29-38(53)47-33-12-14-35(15-13-33)60-49-41(55)42(3,4)28-34(44-5)27-31-8-10-32(43)11-9-31/h8-15,18,30,34,39,44H,6-7,16-17,19-29H2,1-5H3,(H,45,51)(H,46,54)(H,47,53)(H,48,52)(H,49,55). The van der Waals surface area contributed by atoms with Crippen LogP contribution in [-0.2, 0) is 54.1 Å². The molecule has 6 N–H and O–H groups in total.